The van der Waals surface area contributed by atoms with Gasteiger partial charge in [0.1, 0.15) is 12.8 Å². The molecule has 6 heteroatoms. The van der Waals surface area contributed by atoms with Crippen LogP contribution in [-0.4, -0.2) is 42.8 Å². The Labute approximate surface area is 130 Å². The highest BCUT2D eigenvalue weighted by Crippen LogP contribution is 2.21. The second-order valence-corrected chi connectivity index (χ2v) is 6.39. The number of piperidine rings is 1. The minimum absolute atomic E-state index is 0.193. The average molecular weight is 309 g/mol. The first-order valence-electron chi connectivity index (χ1n) is 7.60. The van der Waals surface area contributed by atoms with E-state index in [9.17, 15) is 9.18 Å². The molecule has 0 bridgehead atoms. The maximum absolute atomic E-state index is 13.8. The summed E-state index contributed by atoms with van der Waals surface area (Å²) in [4.78, 5) is 16.5. The van der Waals surface area contributed by atoms with Gasteiger partial charge in [0, 0.05) is 18.3 Å². The third-order valence-corrected chi connectivity index (χ3v) is 3.87. The quantitative estimate of drug-likeness (QED) is 0.867. The molecule has 5 nitrogen and oxygen atoms in total. The van der Waals surface area contributed by atoms with Crippen LogP contribution in [-0.2, 0) is 4.79 Å². The second kappa shape index (κ2) is 7.05. The van der Waals surface area contributed by atoms with Gasteiger partial charge in [-0.25, -0.2) is 9.37 Å². The van der Waals surface area contributed by atoms with Crippen LogP contribution in [0.25, 0.3) is 0 Å². The van der Waals surface area contributed by atoms with Crippen LogP contribution in [0.3, 0.4) is 0 Å². The van der Waals surface area contributed by atoms with Gasteiger partial charge < -0.3 is 15.4 Å². The number of aryl methyl sites for hydroxylation is 1. The summed E-state index contributed by atoms with van der Waals surface area (Å²) in [5.74, 6) is 0.323. The van der Waals surface area contributed by atoms with Crippen molar-refractivity contribution in [2.75, 3.05) is 19.7 Å². The number of nitrogens with one attached hydrogen (secondary N) is 2. The zero-order chi connectivity index (χ0) is 16.2. The Morgan fingerprint density at radius 3 is 3.05 bits per heavy atom. The number of hydrogen-bond acceptors (Lipinski definition) is 4. The number of carbonyl (C=O) groups is 1. The molecule has 1 fully saturated rings. The van der Waals surface area contributed by atoms with Gasteiger partial charge in [-0.05, 0) is 39.8 Å². The predicted octanol–water partition coefficient (Wildman–Crippen LogP) is 1.61. The molecule has 1 saturated heterocycles. The summed E-state index contributed by atoms with van der Waals surface area (Å²) in [6.45, 7) is 6.67. The summed E-state index contributed by atoms with van der Waals surface area (Å²) in [6.07, 6.45) is 1.20. The molecule has 0 radical (unpaired) electrons. The van der Waals surface area contributed by atoms with Gasteiger partial charge in [-0.3, -0.25) is 4.79 Å². The summed E-state index contributed by atoms with van der Waals surface area (Å²) in [5.41, 5.74) is 0.162. The van der Waals surface area contributed by atoms with Crippen molar-refractivity contribution in [2.45, 2.75) is 39.4 Å². The number of aromatic nitrogens is 1. The molecule has 0 spiro atoms. The molecule has 0 saturated carbocycles. The zero-order valence-electron chi connectivity index (χ0n) is 13.4. The molecule has 22 heavy (non-hydrogen) atoms. The number of carbonyl (C=O) groups excluding carboxylic acids is 1. The van der Waals surface area contributed by atoms with Crippen molar-refractivity contribution in [2.24, 2.45) is 5.41 Å². The Balaban J connectivity index is 1.91. The van der Waals surface area contributed by atoms with Gasteiger partial charge in [0.05, 0.1) is 11.5 Å². The molecular weight excluding hydrogens is 285 g/mol. The van der Waals surface area contributed by atoms with E-state index in [-0.39, 0.29) is 19.1 Å². The fraction of sp³-hybridized carbons (Fsp3) is 0.625. The number of alkyl halides is 1. The number of nitrogens with zero attached hydrogens (tertiary/aromatic N) is 1. The van der Waals surface area contributed by atoms with E-state index in [0.717, 1.165) is 12.1 Å². The lowest BCUT2D eigenvalue weighted by atomic mass is 9.92. The minimum atomic E-state index is -1.05. The fourth-order valence-corrected chi connectivity index (χ4v) is 2.28. The number of ether oxygens (including phenoxy) is 1. The predicted molar refractivity (Wildman–Crippen MR) is 82.6 cm³/mol. The number of hydrogen-bond donors (Lipinski definition) is 2. The molecule has 1 aliphatic heterocycles. The van der Waals surface area contributed by atoms with Crippen molar-refractivity contribution < 1.29 is 13.9 Å². The normalized spacial score (nSPS) is 22.2. The standard InChI is InChI=1S/C16H24FN3O2/c1-11-5-4-7-19-14(11)22-10-16(2,3)15(21)20-13-6-8-18-9-12(13)17/h4-5,7,12-13,18H,6,8-10H2,1-3H3,(H,20,21)/t12-,13-/m0/s1. The molecule has 1 aliphatic rings. The Hall–Kier alpha value is -1.69. The maximum Gasteiger partial charge on any atom is 0.229 e. The zero-order valence-corrected chi connectivity index (χ0v) is 13.4. The smallest absolute Gasteiger partial charge is 0.229 e. The third kappa shape index (κ3) is 4.16. The first-order chi connectivity index (χ1) is 10.4. The van der Waals surface area contributed by atoms with Crippen molar-refractivity contribution in [3.63, 3.8) is 0 Å². The van der Waals surface area contributed by atoms with E-state index in [1.54, 1.807) is 20.0 Å². The molecule has 1 amide bonds. The van der Waals surface area contributed by atoms with Crippen molar-refractivity contribution in [1.82, 2.24) is 15.6 Å². The van der Waals surface area contributed by atoms with Crippen LogP contribution in [0.15, 0.2) is 18.3 Å². The van der Waals surface area contributed by atoms with Crippen molar-refractivity contribution in [3.8, 4) is 5.88 Å². The lowest BCUT2D eigenvalue weighted by Crippen LogP contribution is -2.54. The Kier molecular flexibility index (Phi) is 5.34. The molecule has 0 unspecified atom stereocenters. The van der Waals surface area contributed by atoms with E-state index in [4.69, 9.17) is 4.74 Å². The molecule has 0 aromatic carbocycles. The average Bonchev–Trinajstić information content (AvgIpc) is 2.49. The summed E-state index contributed by atoms with van der Waals surface area (Å²) in [7, 11) is 0. The van der Waals surface area contributed by atoms with Crippen LogP contribution in [0, 0.1) is 12.3 Å². The van der Waals surface area contributed by atoms with E-state index in [1.807, 2.05) is 19.1 Å². The van der Waals surface area contributed by atoms with E-state index in [1.165, 1.54) is 0 Å². The van der Waals surface area contributed by atoms with E-state index in [2.05, 4.69) is 15.6 Å². The van der Waals surface area contributed by atoms with E-state index in [0.29, 0.717) is 12.3 Å². The SMILES string of the molecule is Cc1cccnc1OCC(C)(C)C(=O)N[C@H]1CCNC[C@@H]1F. The number of rotatable bonds is 5. The van der Waals surface area contributed by atoms with Gasteiger partial charge in [0.15, 0.2) is 0 Å². The van der Waals surface area contributed by atoms with Gasteiger partial charge in [0.2, 0.25) is 11.8 Å². The monoisotopic (exact) mass is 309 g/mol. The highest BCUT2D eigenvalue weighted by atomic mass is 19.1. The molecule has 122 valence electrons. The van der Waals surface area contributed by atoms with E-state index < -0.39 is 17.6 Å². The molecule has 2 rings (SSSR count). The van der Waals surface area contributed by atoms with Crippen LogP contribution < -0.4 is 15.4 Å². The summed E-state index contributed by atoms with van der Waals surface area (Å²) < 4.78 is 19.4. The highest BCUT2D eigenvalue weighted by molar-refractivity contribution is 5.82. The lowest BCUT2D eigenvalue weighted by Gasteiger charge is -2.31. The van der Waals surface area contributed by atoms with Gasteiger partial charge in [-0.15, -0.1) is 0 Å². The van der Waals surface area contributed by atoms with Gasteiger partial charge >= 0.3 is 0 Å². The summed E-state index contributed by atoms with van der Waals surface area (Å²) in [5, 5.41) is 5.78. The summed E-state index contributed by atoms with van der Waals surface area (Å²) >= 11 is 0. The molecule has 1 aromatic heterocycles. The molecule has 2 heterocycles. The topological polar surface area (TPSA) is 63.2 Å². The number of amides is 1. The number of halogens is 1. The Bertz CT molecular complexity index is 522. The first-order valence-corrected chi connectivity index (χ1v) is 7.60. The highest BCUT2D eigenvalue weighted by Gasteiger charge is 2.33. The Morgan fingerprint density at radius 2 is 2.36 bits per heavy atom. The van der Waals surface area contributed by atoms with Crippen molar-refractivity contribution in [1.29, 1.82) is 0 Å². The van der Waals surface area contributed by atoms with Crippen molar-refractivity contribution >= 4 is 5.91 Å². The van der Waals surface area contributed by atoms with Crippen LogP contribution >= 0.6 is 0 Å². The molecular formula is C16H24FN3O2. The molecule has 0 aliphatic carbocycles. The maximum atomic E-state index is 13.8. The van der Waals surface area contributed by atoms with Crippen molar-refractivity contribution in [3.05, 3.63) is 23.9 Å². The Morgan fingerprint density at radius 1 is 1.59 bits per heavy atom. The largest absolute Gasteiger partial charge is 0.476 e. The number of pyridine rings is 1. The lowest BCUT2D eigenvalue weighted by molar-refractivity contribution is -0.132. The van der Waals surface area contributed by atoms with Gasteiger partial charge in [0.25, 0.3) is 0 Å². The summed E-state index contributed by atoms with van der Waals surface area (Å²) in [6, 6.07) is 3.31. The first kappa shape index (κ1) is 16.7. The molecule has 2 N–H and O–H groups in total. The van der Waals surface area contributed by atoms with Crippen LogP contribution in [0.1, 0.15) is 25.8 Å². The third-order valence-electron chi connectivity index (χ3n) is 3.87. The minimum Gasteiger partial charge on any atom is -0.476 e. The molecule has 2 atom stereocenters. The van der Waals surface area contributed by atoms with E-state index >= 15 is 0 Å². The van der Waals surface area contributed by atoms with Gasteiger partial charge in [-0.1, -0.05) is 6.07 Å². The van der Waals surface area contributed by atoms with Crippen LogP contribution in [0.5, 0.6) is 5.88 Å². The molecule has 1 aromatic rings. The fourth-order valence-electron chi connectivity index (χ4n) is 2.28. The second-order valence-electron chi connectivity index (χ2n) is 6.39. The van der Waals surface area contributed by atoms with Crippen LogP contribution in [0.4, 0.5) is 4.39 Å². The van der Waals surface area contributed by atoms with Crippen LogP contribution in [0.2, 0.25) is 0 Å². The van der Waals surface area contributed by atoms with Gasteiger partial charge in [-0.2, -0.15) is 0 Å².